The van der Waals surface area contributed by atoms with Gasteiger partial charge in [-0.2, -0.15) is 5.10 Å². The molecule has 0 bridgehead atoms. The highest BCUT2D eigenvalue weighted by atomic mass is 16.7. The number of anilines is 1. The second kappa shape index (κ2) is 8.42. The lowest BCUT2D eigenvalue weighted by atomic mass is 10.2. The number of amides is 1. The van der Waals surface area contributed by atoms with Crippen LogP contribution in [-0.4, -0.2) is 32.0 Å². The average Bonchev–Trinajstić information content (AvgIpc) is 3.42. The molecule has 2 aromatic heterocycles. The number of nitrogens with one attached hydrogen (secondary N) is 1. The molecule has 5 rings (SSSR count). The van der Waals surface area contributed by atoms with Gasteiger partial charge in [0.15, 0.2) is 17.1 Å². The van der Waals surface area contributed by atoms with Crippen LogP contribution < -0.4 is 20.3 Å². The van der Waals surface area contributed by atoms with E-state index in [2.05, 4.69) is 15.4 Å². The minimum atomic E-state index is -0.213. The van der Waals surface area contributed by atoms with Crippen molar-refractivity contribution in [2.75, 3.05) is 12.1 Å². The molecule has 0 spiro atoms. The Morgan fingerprint density at radius 3 is 2.70 bits per heavy atom. The molecule has 2 aromatic carbocycles. The van der Waals surface area contributed by atoms with E-state index in [4.69, 9.17) is 9.47 Å². The first kappa shape index (κ1) is 20.7. The second-order valence-corrected chi connectivity index (χ2v) is 7.73. The Labute approximate surface area is 189 Å². The summed E-state index contributed by atoms with van der Waals surface area (Å²) in [6.45, 7) is 4.42. The third-order valence-corrected chi connectivity index (χ3v) is 5.56. The smallest absolute Gasteiger partial charge is 0.273 e. The number of aromatic nitrogens is 4. The van der Waals surface area contributed by atoms with Crippen molar-refractivity contribution in [3.8, 4) is 17.2 Å². The first-order valence-electron chi connectivity index (χ1n) is 10.8. The molecule has 1 amide bonds. The Hall–Kier alpha value is -4.14. The fourth-order valence-electron chi connectivity index (χ4n) is 3.95. The van der Waals surface area contributed by atoms with Gasteiger partial charge in [0.2, 0.25) is 12.7 Å². The summed E-state index contributed by atoms with van der Waals surface area (Å²) in [5.41, 5.74) is 3.64. The molecule has 0 atom stereocenters. The highest BCUT2D eigenvalue weighted by Gasteiger charge is 2.19. The SMILES string of the molecule is CCn1c(=O)c(CCC(=O)Nc2ccc3c(c2)OCO3)nc2c(C)nn(-c3ccccc3)c21. The van der Waals surface area contributed by atoms with Gasteiger partial charge in [-0.3, -0.25) is 14.2 Å². The van der Waals surface area contributed by atoms with Gasteiger partial charge in [0.1, 0.15) is 11.2 Å². The summed E-state index contributed by atoms with van der Waals surface area (Å²) in [7, 11) is 0. The van der Waals surface area contributed by atoms with Crippen LogP contribution in [0.2, 0.25) is 0 Å². The third-order valence-electron chi connectivity index (χ3n) is 5.56. The zero-order valence-electron chi connectivity index (χ0n) is 18.4. The van der Waals surface area contributed by atoms with Crippen molar-refractivity contribution < 1.29 is 14.3 Å². The topological polar surface area (TPSA) is 100 Å². The zero-order valence-corrected chi connectivity index (χ0v) is 18.4. The standard InChI is InChI=1S/C24H23N5O4/c1-3-28-23-22(15(2)27-29(23)17-7-5-4-6-8-17)26-18(24(28)31)10-12-21(30)25-16-9-11-19-20(13-16)33-14-32-19/h4-9,11,13H,3,10,12,14H2,1-2H3,(H,25,30). The maximum atomic E-state index is 13.2. The molecule has 1 N–H and O–H groups in total. The first-order valence-corrected chi connectivity index (χ1v) is 10.8. The minimum absolute atomic E-state index is 0.123. The number of rotatable bonds is 6. The summed E-state index contributed by atoms with van der Waals surface area (Å²) in [6.07, 6.45) is 0.346. The molecule has 4 aromatic rings. The van der Waals surface area contributed by atoms with E-state index in [0.717, 1.165) is 11.4 Å². The largest absolute Gasteiger partial charge is 0.454 e. The van der Waals surface area contributed by atoms with Crippen LogP contribution >= 0.6 is 0 Å². The van der Waals surface area contributed by atoms with Gasteiger partial charge in [-0.15, -0.1) is 0 Å². The molecule has 9 nitrogen and oxygen atoms in total. The Bertz CT molecular complexity index is 1410. The van der Waals surface area contributed by atoms with Crippen molar-refractivity contribution in [2.45, 2.75) is 33.2 Å². The van der Waals surface area contributed by atoms with Gasteiger partial charge in [0, 0.05) is 31.1 Å². The number of nitrogens with zero attached hydrogens (tertiary/aromatic N) is 4. The van der Waals surface area contributed by atoms with Crippen molar-refractivity contribution in [1.29, 1.82) is 0 Å². The highest BCUT2D eigenvalue weighted by molar-refractivity contribution is 5.91. The predicted molar refractivity (Wildman–Crippen MR) is 123 cm³/mol. The van der Waals surface area contributed by atoms with E-state index in [9.17, 15) is 9.59 Å². The van der Waals surface area contributed by atoms with Gasteiger partial charge >= 0.3 is 0 Å². The van der Waals surface area contributed by atoms with E-state index < -0.39 is 0 Å². The Balaban J connectivity index is 1.41. The number of carbonyl (C=O) groups is 1. The van der Waals surface area contributed by atoms with Crippen LogP contribution in [0.1, 0.15) is 24.7 Å². The highest BCUT2D eigenvalue weighted by Crippen LogP contribution is 2.34. The van der Waals surface area contributed by atoms with Crippen LogP contribution in [0.3, 0.4) is 0 Å². The summed E-state index contributed by atoms with van der Waals surface area (Å²) in [4.78, 5) is 30.4. The third kappa shape index (κ3) is 3.82. The van der Waals surface area contributed by atoms with Crippen LogP contribution in [0.15, 0.2) is 53.3 Å². The number of fused-ring (bicyclic) bond motifs is 2. The average molecular weight is 445 g/mol. The quantitative estimate of drug-likeness (QED) is 0.489. The van der Waals surface area contributed by atoms with Gasteiger partial charge < -0.3 is 14.8 Å². The van der Waals surface area contributed by atoms with Crippen LogP contribution in [0, 0.1) is 6.92 Å². The predicted octanol–water partition coefficient (Wildman–Crippen LogP) is 3.21. The van der Waals surface area contributed by atoms with E-state index in [1.165, 1.54) is 0 Å². The molecule has 0 unspecified atom stereocenters. The number of para-hydroxylation sites is 1. The van der Waals surface area contributed by atoms with E-state index in [1.807, 2.05) is 44.2 Å². The van der Waals surface area contributed by atoms with Gasteiger partial charge in [-0.1, -0.05) is 18.2 Å². The van der Waals surface area contributed by atoms with Crippen LogP contribution in [0.5, 0.6) is 11.5 Å². The maximum absolute atomic E-state index is 13.2. The molecule has 3 heterocycles. The number of aryl methyl sites for hydroxylation is 3. The van der Waals surface area contributed by atoms with Crippen molar-refractivity contribution in [3.63, 3.8) is 0 Å². The van der Waals surface area contributed by atoms with E-state index >= 15 is 0 Å². The lowest BCUT2D eigenvalue weighted by Crippen LogP contribution is -2.27. The molecule has 0 saturated carbocycles. The molecular formula is C24H23N5O4. The molecule has 0 radical (unpaired) electrons. The normalized spacial score (nSPS) is 12.3. The van der Waals surface area contributed by atoms with Crippen LogP contribution in [-0.2, 0) is 17.8 Å². The second-order valence-electron chi connectivity index (χ2n) is 7.73. The fourth-order valence-corrected chi connectivity index (χ4v) is 3.95. The molecular weight excluding hydrogens is 422 g/mol. The molecule has 1 aliphatic heterocycles. The van der Waals surface area contributed by atoms with Gasteiger partial charge in [-0.05, 0) is 38.1 Å². The Kier molecular flexibility index (Phi) is 5.29. The van der Waals surface area contributed by atoms with Crippen LogP contribution in [0.4, 0.5) is 5.69 Å². The van der Waals surface area contributed by atoms with Crippen molar-refractivity contribution in [1.82, 2.24) is 19.3 Å². The summed E-state index contributed by atoms with van der Waals surface area (Å²) in [6, 6.07) is 14.9. The van der Waals surface area contributed by atoms with Gasteiger partial charge in [0.05, 0.1) is 11.4 Å². The monoisotopic (exact) mass is 445 g/mol. The zero-order chi connectivity index (χ0) is 22.9. The van der Waals surface area contributed by atoms with Crippen LogP contribution in [0.25, 0.3) is 16.9 Å². The Morgan fingerprint density at radius 1 is 1.12 bits per heavy atom. The molecule has 9 heteroatoms. The maximum Gasteiger partial charge on any atom is 0.273 e. The molecule has 0 aliphatic carbocycles. The van der Waals surface area contributed by atoms with E-state index in [1.54, 1.807) is 27.4 Å². The summed E-state index contributed by atoms with van der Waals surface area (Å²) in [5.74, 6) is 1.03. The van der Waals surface area contributed by atoms with Crippen molar-refractivity contribution in [3.05, 3.63) is 70.3 Å². The number of ether oxygens (including phenoxy) is 2. The summed E-state index contributed by atoms with van der Waals surface area (Å²) in [5, 5.41) is 7.46. The molecule has 168 valence electrons. The molecule has 0 fully saturated rings. The first-order chi connectivity index (χ1) is 16.0. The molecule has 1 aliphatic rings. The number of hydrogen-bond donors (Lipinski definition) is 1. The number of benzene rings is 2. The minimum Gasteiger partial charge on any atom is -0.454 e. The molecule has 33 heavy (non-hydrogen) atoms. The Morgan fingerprint density at radius 2 is 1.91 bits per heavy atom. The van der Waals surface area contributed by atoms with Gasteiger partial charge in [0.25, 0.3) is 5.56 Å². The number of hydrogen-bond acceptors (Lipinski definition) is 6. The van der Waals surface area contributed by atoms with Crippen molar-refractivity contribution >= 4 is 22.8 Å². The van der Waals surface area contributed by atoms with Gasteiger partial charge in [-0.25, -0.2) is 9.67 Å². The van der Waals surface area contributed by atoms with E-state index in [-0.39, 0.29) is 31.1 Å². The molecule has 0 saturated heterocycles. The fraction of sp³-hybridized carbons (Fsp3) is 0.250. The van der Waals surface area contributed by atoms with Crippen molar-refractivity contribution in [2.24, 2.45) is 0 Å². The number of carbonyl (C=O) groups excluding carboxylic acids is 1. The summed E-state index contributed by atoms with van der Waals surface area (Å²) >= 11 is 0. The lowest BCUT2D eigenvalue weighted by Gasteiger charge is -2.11. The lowest BCUT2D eigenvalue weighted by molar-refractivity contribution is -0.116. The van der Waals surface area contributed by atoms with E-state index in [0.29, 0.717) is 40.6 Å². The summed E-state index contributed by atoms with van der Waals surface area (Å²) < 4.78 is 14.0.